The van der Waals surface area contributed by atoms with Gasteiger partial charge in [0, 0.05) is 28.8 Å². The van der Waals surface area contributed by atoms with Crippen LogP contribution < -0.4 is 5.73 Å². The molecule has 0 atom stereocenters. The van der Waals surface area contributed by atoms with E-state index in [0.29, 0.717) is 34.5 Å². The van der Waals surface area contributed by atoms with Gasteiger partial charge in [0.25, 0.3) is 0 Å². The fourth-order valence-electron chi connectivity index (χ4n) is 4.38. The quantitative estimate of drug-likeness (QED) is 0.388. The molecule has 0 bridgehead atoms. The van der Waals surface area contributed by atoms with Crippen molar-refractivity contribution in [1.82, 2.24) is 19.6 Å². The van der Waals surface area contributed by atoms with Gasteiger partial charge in [0.1, 0.15) is 5.82 Å². The molecule has 3 N–H and O–H groups in total. The molecule has 0 aliphatic heterocycles. The lowest BCUT2D eigenvalue weighted by Gasteiger charge is -2.31. The highest BCUT2D eigenvalue weighted by atomic mass is 79.9. The maximum atomic E-state index is 14.5. The van der Waals surface area contributed by atoms with E-state index in [1.165, 1.54) is 0 Å². The second-order valence-electron chi connectivity index (χ2n) is 8.33. The second-order valence-corrected chi connectivity index (χ2v) is 9.13. The predicted molar refractivity (Wildman–Crippen MR) is 126 cm³/mol. The third kappa shape index (κ3) is 3.76. The zero-order chi connectivity index (χ0) is 23.2. The molecule has 3 heterocycles. The Morgan fingerprint density at radius 1 is 1.12 bits per heavy atom. The Balaban J connectivity index is 1.51. The molecule has 1 saturated carbocycles. The number of pyridine rings is 1. The van der Waals surface area contributed by atoms with Crippen molar-refractivity contribution < 1.29 is 14.3 Å². The van der Waals surface area contributed by atoms with Gasteiger partial charge in [-0.15, -0.1) is 0 Å². The Hall–Kier alpha value is -3.33. The molecule has 33 heavy (non-hydrogen) atoms. The lowest BCUT2D eigenvalue weighted by molar-refractivity contribution is -0.153. The molecule has 1 aliphatic carbocycles. The molecule has 4 aromatic rings. The summed E-state index contributed by atoms with van der Waals surface area (Å²) in [6.07, 6.45) is 4.13. The molecular weight excluding hydrogens is 489 g/mol. The van der Waals surface area contributed by atoms with Crippen LogP contribution in [0.2, 0.25) is 0 Å². The zero-order valence-corrected chi connectivity index (χ0v) is 19.2. The molecule has 0 radical (unpaired) electrons. The molecule has 5 rings (SSSR count). The minimum absolute atomic E-state index is 0.0524. The Morgan fingerprint density at radius 3 is 2.48 bits per heavy atom. The first kappa shape index (κ1) is 21.5. The van der Waals surface area contributed by atoms with E-state index in [-0.39, 0.29) is 18.8 Å². The Morgan fingerprint density at radius 2 is 1.85 bits per heavy atom. The summed E-state index contributed by atoms with van der Waals surface area (Å²) in [7, 11) is 0. The Bertz CT molecular complexity index is 1330. The highest BCUT2D eigenvalue weighted by Gasteiger charge is 2.43. The Labute approximate surface area is 197 Å². The number of nitrogen functional groups attached to an aromatic ring is 1. The van der Waals surface area contributed by atoms with Crippen molar-refractivity contribution in [2.24, 2.45) is 0 Å². The number of alkyl halides is 1. The molecule has 0 amide bonds. The van der Waals surface area contributed by atoms with Gasteiger partial charge in [-0.3, -0.25) is 4.98 Å². The Kier molecular flexibility index (Phi) is 5.36. The number of hydrogen-bond donors (Lipinski definition) is 2. The molecule has 3 aromatic heterocycles. The molecular formula is C24H21BrFN5O2. The number of rotatable bonds is 4. The first-order valence-corrected chi connectivity index (χ1v) is 11.4. The first-order valence-electron chi connectivity index (χ1n) is 10.6. The minimum atomic E-state index is -2.17. The van der Waals surface area contributed by atoms with Gasteiger partial charge in [-0.2, -0.15) is 9.61 Å². The summed E-state index contributed by atoms with van der Waals surface area (Å²) in [5, 5.41) is 13.6. The summed E-state index contributed by atoms with van der Waals surface area (Å²) in [5.74, 6) is -1.10. The summed E-state index contributed by atoms with van der Waals surface area (Å²) < 4.78 is 16.7. The van der Waals surface area contributed by atoms with Crippen LogP contribution in [-0.4, -0.2) is 36.3 Å². The maximum Gasteiger partial charge on any atom is 0.341 e. The molecule has 7 nitrogen and oxygen atoms in total. The van der Waals surface area contributed by atoms with Gasteiger partial charge in [0.15, 0.2) is 5.65 Å². The summed E-state index contributed by atoms with van der Waals surface area (Å²) in [4.78, 5) is 20.7. The van der Waals surface area contributed by atoms with Crippen LogP contribution in [0.3, 0.4) is 0 Å². The fourth-order valence-corrected chi connectivity index (χ4v) is 4.96. The lowest BCUT2D eigenvalue weighted by atomic mass is 9.78. The number of halogens is 2. The van der Waals surface area contributed by atoms with Crippen LogP contribution >= 0.6 is 15.9 Å². The van der Waals surface area contributed by atoms with Crippen LogP contribution in [0.15, 0.2) is 59.3 Å². The summed E-state index contributed by atoms with van der Waals surface area (Å²) in [5.41, 5.74) is 8.97. The van der Waals surface area contributed by atoms with Crippen LogP contribution in [-0.2, 0) is 4.79 Å². The van der Waals surface area contributed by atoms with Crippen molar-refractivity contribution in [3.8, 4) is 22.4 Å². The van der Waals surface area contributed by atoms with Crippen molar-refractivity contribution in [2.75, 3.05) is 5.73 Å². The van der Waals surface area contributed by atoms with Gasteiger partial charge < -0.3 is 10.8 Å². The number of aromatic nitrogens is 4. The second kappa shape index (κ2) is 8.22. The van der Waals surface area contributed by atoms with Gasteiger partial charge in [-0.05, 0) is 47.7 Å². The lowest BCUT2D eigenvalue weighted by Crippen LogP contribution is -2.37. The highest BCUT2D eigenvalue weighted by molar-refractivity contribution is 9.10. The molecule has 0 spiro atoms. The number of carbonyl (C=O) groups is 1. The number of hydrogen-bond acceptors (Lipinski definition) is 5. The summed E-state index contributed by atoms with van der Waals surface area (Å²) in [6, 6.07) is 13.8. The summed E-state index contributed by atoms with van der Waals surface area (Å²) >= 11 is 3.52. The van der Waals surface area contributed by atoms with Gasteiger partial charge >= 0.3 is 5.97 Å². The predicted octanol–water partition coefficient (Wildman–Crippen LogP) is 5.25. The van der Waals surface area contributed by atoms with Gasteiger partial charge in [-0.25, -0.2) is 14.2 Å². The van der Waals surface area contributed by atoms with E-state index >= 15 is 0 Å². The van der Waals surface area contributed by atoms with E-state index in [2.05, 4.69) is 26.0 Å². The van der Waals surface area contributed by atoms with Crippen molar-refractivity contribution in [3.05, 3.63) is 65.0 Å². The fraction of sp³-hybridized carbons (Fsp3) is 0.250. The van der Waals surface area contributed by atoms with E-state index in [1.807, 2.05) is 42.5 Å². The number of carboxylic acids is 1. The van der Waals surface area contributed by atoms with Crippen molar-refractivity contribution in [3.63, 3.8) is 0 Å². The number of nitrogens with zero attached hydrogens (tertiary/aromatic N) is 4. The van der Waals surface area contributed by atoms with Crippen molar-refractivity contribution >= 4 is 33.4 Å². The third-order valence-corrected chi connectivity index (χ3v) is 7.15. The number of fused-ring (bicyclic) bond motifs is 1. The average molecular weight is 510 g/mol. The molecule has 0 saturated heterocycles. The topological polar surface area (TPSA) is 106 Å². The first-order chi connectivity index (χ1) is 15.9. The van der Waals surface area contributed by atoms with Crippen LogP contribution in [0.1, 0.15) is 37.3 Å². The zero-order valence-electron chi connectivity index (χ0n) is 17.6. The number of anilines is 1. The van der Waals surface area contributed by atoms with E-state index < -0.39 is 11.6 Å². The average Bonchev–Trinajstić information content (AvgIpc) is 3.27. The van der Waals surface area contributed by atoms with Gasteiger partial charge in [0.2, 0.25) is 5.67 Å². The normalized spacial score (nSPS) is 20.7. The van der Waals surface area contributed by atoms with Gasteiger partial charge in [0.05, 0.1) is 22.1 Å². The SMILES string of the molecule is Nc1c(Br)c(C2CCC(F)(C(=O)O)CC2)nc2c(-c3ccc(-c4ccccc4)nc3)cnn12. The minimum Gasteiger partial charge on any atom is -0.479 e. The summed E-state index contributed by atoms with van der Waals surface area (Å²) in [6.45, 7) is 0. The molecule has 1 aliphatic rings. The van der Waals surface area contributed by atoms with E-state index in [4.69, 9.17) is 10.7 Å². The third-order valence-electron chi connectivity index (χ3n) is 6.34. The smallest absolute Gasteiger partial charge is 0.341 e. The van der Waals surface area contributed by atoms with E-state index in [0.717, 1.165) is 22.4 Å². The monoisotopic (exact) mass is 509 g/mol. The number of benzene rings is 1. The van der Waals surface area contributed by atoms with E-state index in [1.54, 1.807) is 16.9 Å². The number of nitrogens with two attached hydrogens (primary N) is 1. The van der Waals surface area contributed by atoms with Crippen LogP contribution in [0.25, 0.3) is 28.0 Å². The maximum absolute atomic E-state index is 14.5. The molecule has 0 unspecified atom stereocenters. The number of aliphatic carboxylic acids is 1. The largest absolute Gasteiger partial charge is 0.479 e. The highest BCUT2D eigenvalue weighted by Crippen LogP contribution is 2.43. The standard InChI is InChI=1S/C24H21BrFN5O2/c25-19-20(15-8-10-24(26,11-9-15)23(32)33)30-22-17(13-29-31(22)21(19)27)16-6-7-18(28-12-16)14-4-2-1-3-5-14/h1-7,12-13,15H,8-11,27H2,(H,32,33). The molecule has 168 valence electrons. The number of carboxylic acid groups (broad SMARTS) is 1. The van der Waals surface area contributed by atoms with Gasteiger partial charge in [-0.1, -0.05) is 36.4 Å². The molecule has 1 aromatic carbocycles. The van der Waals surface area contributed by atoms with Crippen LogP contribution in [0.4, 0.5) is 10.2 Å². The van der Waals surface area contributed by atoms with Crippen molar-refractivity contribution in [1.29, 1.82) is 0 Å². The van der Waals surface area contributed by atoms with E-state index in [9.17, 15) is 14.3 Å². The molecule has 1 fully saturated rings. The van der Waals surface area contributed by atoms with Crippen LogP contribution in [0, 0.1) is 0 Å². The van der Waals surface area contributed by atoms with Crippen molar-refractivity contribution in [2.45, 2.75) is 37.3 Å². The molecule has 9 heteroatoms. The van der Waals surface area contributed by atoms with Crippen LogP contribution in [0.5, 0.6) is 0 Å².